The second kappa shape index (κ2) is 3.68. The van der Waals surface area contributed by atoms with Crippen molar-refractivity contribution in [2.75, 3.05) is 23.7 Å². The van der Waals surface area contributed by atoms with Crippen molar-refractivity contribution in [1.29, 1.82) is 0 Å². The molecule has 0 saturated carbocycles. The van der Waals surface area contributed by atoms with Crippen LogP contribution in [0.4, 0.5) is 11.5 Å². The van der Waals surface area contributed by atoms with Crippen LogP contribution >= 0.6 is 0 Å². The number of hydrogen-bond donors (Lipinski definition) is 1. The molecule has 0 atom stereocenters. The monoisotopic (exact) mass is 222 g/mol. The van der Waals surface area contributed by atoms with Crippen LogP contribution in [0.1, 0.15) is 32.4 Å². The van der Waals surface area contributed by atoms with Gasteiger partial charge in [0.2, 0.25) is 0 Å². The van der Waals surface area contributed by atoms with Gasteiger partial charge in [-0.05, 0) is 25.2 Å². The summed E-state index contributed by atoms with van der Waals surface area (Å²) in [5, 5.41) is 4.38. The summed E-state index contributed by atoms with van der Waals surface area (Å²) in [6.07, 6.45) is 2.52. The van der Waals surface area contributed by atoms with E-state index in [4.69, 9.17) is 5.73 Å². The standard InChI is InChI=1S/C12H22N4/c1-9-10(13)11(15(4)14-9)16-7-5-6-12(2,3)8-16/h5-8,13H2,1-4H3. The van der Waals surface area contributed by atoms with Gasteiger partial charge in [-0.25, -0.2) is 0 Å². The van der Waals surface area contributed by atoms with Gasteiger partial charge in [0.25, 0.3) is 0 Å². The molecular formula is C12H22N4. The van der Waals surface area contributed by atoms with Gasteiger partial charge in [0.05, 0.1) is 11.4 Å². The average Bonchev–Trinajstić information content (AvgIpc) is 2.39. The van der Waals surface area contributed by atoms with Gasteiger partial charge in [-0.1, -0.05) is 13.8 Å². The first-order chi connectivity index (χ1) is 7.41. The van der Waals surface area contributed by atoms with Gasteiger partial charge in [-0.3, -0.25) is 4.68 Å². The van der Waals surface area contributed by atoms with Crippen LogP contribution in [0.2, 0.25) is 0 Å². The molecule has 0 aliphatic carbocycles. The molecule has 0 radical (unpaired) electrons. The normalized spacial score (nSPS) is 20.1. The fraction of sp³-hybridized carbons (Fsp3) is 0.750. The number of rotatable bonds is 1. The Morgan fingerprint density at radius 2 is 2.06 bits per heavy atom. The van der Waals surface area contributed by atoms with E-state index in [9.17, 15) is 0 Å². The number of anilines is 2. The summed E-state index contributed by atoms with van der Waals surface area (Å²) in [5.41, 5.74) is 8.24. The van der Waals surface area contributed by atoms with Gasteiger partial charge in [0.15, 0.2) is 0 Å². The molecule has 16 heavy (non-hydrogen) atoms. The van der Waals surface area contributed by atoms with E-state index in [2.05, 4.69) is 23.8 Å². The molecule has 0 unspecified atom stereocenters. The van der Waals surface area contributed by atoms with E-state index in [-0.39, 0.29) is 0 Å². The first kappa shape index (κ1) is 11.3. The van der Waals surface area contributed by atoms with E-state index >= 15 is 0 Å². The minimum absolute atomic E-state index is 0.378. The Balaban J connectivity index is 2.30. The molecule has 4 nitrogen and oxygen atoms in total. The highest BCUT2D eigenvalue weighted by atomic mass is 15.4. The topological polar surface area (TPSA) is 47.1 Å². The van der Waals surface area contributed by atoms with Crippen LogP contribution in [0.15, 0.2) is 0 Å². The molecular weight excluding hydrogens is 200 g/mol. The zero-order chi connectivity index (χ0) is 11.9. The summed E-state index contributed by atoms with van der Waals surface area (Å²) in [5.74, 6) is 1.09. The highest BCUT2D eigenvalue weighted by Gasteiger charge is 2.29. The van der Waals surface area contributed by atoms with Crippen LogP contribution < -0.4 is 10.6 Å². The lowest BCUT2D eigenvalue weighted by Gasteiger charge is -2.39. The average molecular weight is 222 g/mol. The number of nitrogens with two attached hydrogens (primary N) is 1. The summed E-state index contributed by atoms with van der Waals surface area (Å²) >= 11 is 0. The maximum Gasteiger partial charge on any atom is 0.150 e. The first-order valence-electron chi connectivity index (χ1n) is 5.95. The zero-order valence-corrected chi connectivity index (χ0v) is 10.7. The maximum absolute atomic E-state index is 6.10. The van der Waals surface area contributed by atoms with Crippen molar-refractivity contribution in [3.8, 4) is 0 Å². The highest BCUT2D eigenvalue weighted by molar-refractivity contribution is 5.66. The second-order valence-electron chi connectivity index (χ2n) is 5.64. The lowest BCUT2D eigenvalue weighted by Crippen LogP contribution is -2.41. The van der Waals surface area contributed by atoms with Crippen molar-refractivity contribution in [3.63, 3.8) is 0 Å². The third kappa shape index (κ3) is 1.88. The molecule has 1 aliphatic heterocycles. The fourth-order valence-corrected chi connectivity index (χ4v) is 2.64. The van der Waals surface area contributed by atoms with E-state index in [1.54, 1.807) is 0 Å². The van der Waals surface area contributed by atoms with Crippen molar-refractivity contribution >= 4 is 11.5 Å². The van der Waals surface area contributed by atoms with Crippen molar-refractivity contribution in [2.45, 2.75) is 33.6 Å². The zero-order valence-electron chi connectivity index (χ0n) is 10.7. The number of aromatic nitrogens is 2. The summed E-state index contributed by atoms with van der Waals surface area (Å²) in [6.45, 7) is 8.76. The molecule has 4 heteroatoms. The van der Waals surface area contributed by atoms with Crippen LogP contribution in [0.25, 0.3) is 0 Å². The first-order valence-corrected chi connectivity index (χ1v) is 5.95. The van der Waals surface area contributed by atoms with Crippen molar-refractivity contribution in [3.05, 3.63) is 5.69 Å². The van der Waals surface area contributed by atoms with Gasteiger partial charge >= 0.3 is 0 Å². The Morgan fingerprint density at radius 1 is 1.38 bits per heavy atom. The SMILES string of the molecule is Cc1nn(C)c(N2CCCC(C)(C)C2)c1N. The number of piperidine rings is 1. The molecule has 2 heterocycles. The Morgan fingerprint density at radius 3 is 2.56 bits per heavy atom. The minimum Gasteiger partial charge on any atom is -0.394 e. The number of aryl methyl sites for hydroxylation is 2. The Bertz CT molecular complexity index is 392. The predicted octanol–water partition coefficient (Wildman–Crippen LogP) is 1.94. The van der Waals surface area contributed by atoms with Gasteiger partial charge < -0.3 is 10.6 Å². The van der Waals surface area contributed by atoms with Crippen molar-refractivity contribution < 1.29 is 0 Å². The molecule has 1 saturated heterocycles. The molecule has 0 bridgehead atoms. The molecule has 0 amide bonds. The highest BCUT2D eigenvalue weighted by Crippen LogP contribution is 2.34. The van der Waals surface area contributed by atoms with Crippen LogP contribution in [0.3, 0.4) is 0 Å². The van der Waals surface area contributed by atoms with E-state index < -0.39 is 0 Å². The van der Waals surface area contributed by atoms with Gasteiger partial charge in [-0.15, -0.1) is 0 Å². The quantitative estimate of drug-likeness (QED) is 0.790. The lowest BCUT2D eigenvalue weighted by molar-refractivity contribution is 0.291. The Kier molecular flexibility index (Phi) is 2.60. The molecule has 1 aliphatic rings. The molecule has 0 aromatic carbocycles. The van der Waals surface area contributed by atoms with Crippen LogP contribution in [0.5, 0.6) is 0 Å². The summed E-state index contributed by atoms with van der Waals surface area (Å²) in [6, 6.07) is 0. The molecule has 1 aromatic rings. The third-order valence-electron chi connectivity index (χ3n) is 3.44. The lowest BCUT2D eigenvalue weighted by atomic mass is 9.84. The molecule has 2 rings (SSSR count). The predicted molar refractivity (Wildman–Crippen MR) is 67.6 cm³/mol. The van der Waals surface area contributed by atoms with E-state index in [0.29, 0.717) is 5.41 Å². The van der Waals surface area contributed by atoms with Gasteiger partial charge in [-0.2, -0.15) is 5.10 Å². The van der Waals surface area contributed by atoms with Crippen molar-refractivity contribution in [2.24, 2.45) is 12.5 Å². The second-order valence-corrected chi connectivity index (χ2v) is 5.64. The fourth-order valence-electron chi connectivity index (χ4n) is 2.64. The van der Waals surface area contributed by atoms with Crippen molar-refractivity contribution in [1.82, 2.24) is 9.78 Å². The molecule has 90 valence electrons. The summed E-state index contributed by atoms with van der Waals surface area (Å²) < 4.78 is 1.91. The maximum atomic E-state index is 6.10. The summed E-state index contributed by atoms with van der Waals surface area (Å²) in [7, 11) is 1.97. The Hall–Kier alpha value is -1.19. The molecule has 1 fully saturated rings. The minimum atomic E-state index is 0.378. The van der Waals surface area contributed by atoms with Crippen LogP contribution in [0, 0.1) is 12.3 Å². The number of nitrogens with zero attached hydrogens (tertiary/aromatic N) is 3. The molecule has 1 aromatic heterocycles. The van der Waals surface area contributed by atoms with Crippen LogP contribution in [-0.4, -0.2) is 22.9 Å². The van der Waals surface area contributed by atoms with Gasteiger partial charge in [0, 0.05) is 20.1 Å². The largest absolute Gasteiger partial charge is 0.394 e. The smallest absolute Gasteiger partial charge is 0.150 e. The number of hydrogen-bond acceptors (Lipinski definition) is 3. The Labute approximate surface area is 97.4 Å². The third-order valence-corrected chi connectivity index (χ3v) is 3.44. The molecule has 0 spiro atoms. The number of nitrogen functional groups attached to an aromatic ring is 1. The van der Waals surface area contributed by atoms with E-state index in [1.807, 2.05) is 18.7 Å². The summed E-state index contributed by atoms with van der Waals surface area (Å²) in [4.78, 5) is 2.37. The molecule has 2 N–H and O–H groups in total. The van der Waals surface area contributed by atoms with E-state index in [0.717, 1.165) is 30.3 Å². The van der Waals surface area contributed by atoms with E-state index in [1.165, 1.54) is 12.8 Å². The van der Waals surface area contributed by atoms with Crippen LogP contribution in [-0.2, 0) is 7.05 Å². The van der Waals surface area contributed by atoms with Gasteiger partial charge in [0.1, 0.15) is 5.82 Å².